The number of hydrogen-bond donors (Lipinski definition) is 2. The van der Waals surface area contributed by atoms with Gasteiger partial charge in [0.15, 0.2) is 5.96 Å². The molecule has 3 heteroatoms. The van der Waals surface area contributed by atoms with Gasteiger partial charge < -0.3 is 10.6 Å². The average Bonchev–Trinajstić information content (AvgIpc) is 2.39. The SMILES string of the molecule is CCCCCNC(=NC)NCc1ccccc1. The number of nitrogens with zero attached hydrogens (tertiary/aromatic N) is 1. The fourth-order valence-corrected chi connectivity index (χ4v) is 1.58. The molecule has 0 saturated heterocycles. The van der Waals surface area contributed by atoms with E-state index in [4.69, 9.17) is 0 Å². The Morgan fingerprint density at radius 1 is 1.12 bits per heavy atom. The minimum Gasteiger partial charge on any atom is -0.356 e. The van der Waals surface area contributed by atoms with E-state index in [1.54, 1.807) is 7.05 Å². The Labute approximate surface area is 104 Å². The van der Waals surface area contributed by atoms with Crippen LogP contribution in [-0.2, 0) is 6.54 Å². The molecule has 1 aromatic rings. The summed E-state index contributed by atoms with van der Waals surface area (Å²) in [5.74, 6) is 0.880. The second kappa shape index (κ2) is 8.62. The summed E-state index contributed by atoms with van der Waals surface area (Å²) in [6.07, 6.45) is 3.71. The molecule has 94 valence electrons. The molecule has 0 fully saturated rings. The zero-order chi connectivity index (χ0) is 12.3. The van der Waals surface area contributed by atoms with Crippen LogP contribution in [0.15, 0.2) is 35.3 Å². The van der Waals surface area contributed by atoms with Crippen molar-refractivity contribution < 1.29 is 0 Å². The fraction of sp³-hybridized carbons (Fsp3) is 0.500. The van der Waals surface area contributed by atoms with E-state index in [2.05, 4.69) is 46.8 Å². The molecule has 0 aromatic heterocycles. The molecule has 0 amide bonds. The first kappa shape index (κ1) is 13.6. The van der Waals surface area contributed by atoms with Crippen LogP contribution >= 0.6 is 0 Å². The lowest BCUT2D eigenvalue weighted by atomic mass is 10.2. The van der Waals surface area contributed by atoms with E-state index in [1.165, 1.54) is 24.8 Å². The lowest BCUT2D eigenvalue weighted by molar-refractivity contribution is 0.683. The fourth-order valence-electron chi connectivity index (χ4n) is 1.58. The van der Waals surface area contributed by atoms with Crippen molar-refractivity contribution in [3.8, 4) is 0 Å². The second-order valence-corrected chi connectivity index (χ2v) is 4.05. The lowest BCUT2D eigenvalue weighted by Gasteiger charge is -2.11. The molecule has 0 spiro atoms. The Kier molecular flexibility index (Phi) is 6.87. The molecule has 0 radical (unpaired) electrons. The third-order valence-corrected chi connectivity index (χ3v) is 2.60. The number of unbranched alkanes of at least 4 members (excludes halogenated alkanes) is 2. The Morgan fingerprint density at radius 3 is 2.53 bits per heavy atom. The largest absolute Gasteiger partial charge is 0.356 e. The molecule has 17 heavy (non-hydrogen) atoms. The molecular formula is C14H23N3. The van der Waals surface area contributed by atoms with Gasteiger partial charge >= 0.3 is 0 Å². The summed E-state index contributed by atoms with van der Waals surface area (Å²) in [6, 6.07) is 10.3. The van der Waals surface area contributed by atoms with Gasteiger partial charge in [-0.15, -0.1) is 0 Å². The Morgan fingerprint density at radius 2 is 1.88 bits per heavy atom. The molecule has 0 unspecified atom stereocenters. The zero-order valence-corrected chi connectivity index (χ0v) is 10.9. The first-order chi connectivity index (χ1) is 8.36. The highest BCUT2D eigenvalue weighted by molar-refractivity contribution is 5.79. The average molecular weight is 233 g/mol. The second-order valence-electron chi connectivity index (χ2n) is 4.05. The van der Waals surface area contributed by atoms with E-state index in [1.807, 2.05) is 6.07 Å². The molecule has 0 bridgehead atoms. The molecule has 0 atom stereocenters. The molecule has 0 heterocycles. The van der Waals surface area contributed by atoms with E-state index in [0.717, 1.165) is 19.0 Å². The van der Waals surface area contributed by atoms with E-state index >= 15 is 0 Å². The maximum Gasteiger partial charge on any atom is 0.191 e. The first-order valence-electron chi connectivity index (χ1n) is 6.35. The molecule has 1 rings (SSSR count). The van der Waals surface area contributed by atoms with Crippen LogP contribution in [0.2, 0.25) is 0 Å². The van der Waals surface area contributed by atoms with Gasteiger partial charge in [0.2, 0.25) is 0 Å². The third kappa shape index (κ3) is 5.95. The molecule has 0 aliphatic rings. The van der Waals surface area contributed by atoms with Crippen LogP contribution < -0.4 is 10.6 Å². The molecule has 3 nitrogen and oxygen atoms in total. The third-order valence-electron chi connectivity index (χ3n) is 2.60. The zero-order valence-electron chi connectivity index (χ0n) is 10.9. The van der Waals surface area contributed by atoms with Gasteiger partial charge in [0.25, 0.3) is 0 Å². The highest BCUT2D eigenvalue weighted by Gasteiger charge is 1.96. The molecular weight excluding hydrogens is 210 g/mol. The van der Waals surface area contributed by atoms with E-state index in [0.29, 0.717) is 0 Å². The smallest absolute Gasteiger partial charge is 0.191 e. The number of benzene rings is 1. The van der Waals surface area contributed by atoms with Crippen molar-refractivity contribution in [1.82, 2.24) is 10.6 Å². The number of hydrogen-bond acceptors (Lipinski definition) is 1. The summed E-state index contributed by atoms with van der Waals surface area (Å²) in [5, 5.41) is 6.61. The summed E-state index contributed by atoms with van der Waals surface area (Å²) in [7, 11) is 1.81. The van der Waals surface area contributed by atoms with Crippen LogP contribution in [0.1, 0.15) is 31.7 Å². The van der Waals surface area contributed by atoms with E-state index in [9.17, 15) is 0 Å². The van der Waals surface area contributed by atoms with E-state index < -0.39 is 0 Å². The Balaban J connectivity index is 2.24. The van der Waals surface area contributed by atoms with Gasteiger partial charge in [0.05, 0.1) is 0 Å². The van der Waals surface area contributed by atoms with Crippen molar-refractivity contribution in [2.45, 2.75) is 32.7 Å². The molecule has 0 aliphatic heterocycles. The van der Waals surface area contributed by atoms with E-state index in [-0.39, 0.29) is 0 Å². The normalized spacial score (nSPS) is 11.3. The minimum absolute atomic E-state index is 0.814. The van der Waals surface area contributed by atoms with Gasteiger partial charge in [0.1, 0.15) is 0 Å². The lowest BCUT2D eigenvalue weighted by Crippen LogP contribution is -2.37. The van der Waals surface area contributed by atoms with Gasteiger partial charge in [-0.05, 0) is 12.0 Å². The number of guanidine groups is 1. The maximum atomic E-state index is 4.20. The van der Waals surface area contributed by atoms with Gasteiger partial charge in [-0.25, -0.2) is 0 Å². The standard InChI is InChI=1S/C14H23N3/c1-3-4-8-11-16-14(15-2)17-12-13-9-6-5-7-10-13/h5-7,9-10H,3-4,8,11-12H2,1-2H3,(H2,15,16,17). The first-order valence-corrected chi connectivity index (χ1v) is 6.35. The predicted molar refractivity (Wildman–Crippen MR) is 74.2 cm³/mol. The minimum atomic E-state index is 0.814. The summed E-state index contributed by atoms with van der Waals surface area (Å²) < 4.78 is 0. The quantitative estimate of drug-likeness (QED) is 0.450. The van der Waals surface area contributed by atoms with Crippen molar-refractivity contribution in [3.05, 3.63) is 35.9 Å². The van der Waals surface area contributed by atoms with Crippen LogP contribution in [0.25, 0.3) is 0 Å². The van der Waals surface area contributed by atoms with Crippen molar-refractivity contribution in [2.24, 2.45) is 4.99 Å². The summed E-state index contributed by atoms with van der Waals surface area (Å²) >= 11 is 0. The van der Waals surface area contributed by atoms with Crippen LogP contribution in [-0.4, -0.2) is 19.6 Å². The van der Waals surface area contributed by atoms with Crippen LogP contribution in [0, 0.1) is 0 Å². The molecule has 2 N–H and O–H groups in total. The Hall–Kier alpha value is -1.51. The maximum absolute atomic E-state index is 4.20. The summed E-state index contributed by atoms with van der Waals surface area (Å²) in [5.41, 5.74) is 1.27. The van der Waals surface area contributed by atoms with Crippen molar-refractivity contribution in [3.63, 3.8) is 0 Å². The van der Waals surface area contributed by atoms with Crippen molar-refractivity contribution in [2.75, 3.05) is 13.6 Å². The Bertz CT molecular complexity index is 319. The number of rotatable bonds is 6. The number of nitrogens with one attached hydrogen (secondary N) is 2. The van der Waals surface area contributed by atoms with Gasteiger partial charge in [-0.1, -0.05) is 50.1 Å². The molecule has 0 saturated carbocycles. The van der Waals surface area contributed by atoms with Crippen LogP contribution in [0.5, 0.6) is 0 Å². The van der Waals surface area contributed by atoms with Gasteiger partial charge in [-0.2, -0.15) is 0 Å². The molecule has 1 aromatic carbocycles. The van der Waals surface area contributed by atoms with Gasteiger partial charge in [-0.3, -0.25) is 4.99 Å². The van der Waals surface area contributed by atoms with Crippen molar-refractivity contribution >= 4 is 5.96 Å². The van der Waals surface area contributed by atoms with Crippen molar-refractivity contribution in [1.29, 1.82) is 0 Å². The predicted octanol–water partition coefficient (Wildman–Crippen LogP) is 2.54. The monoisotopic (exact) mass is 233 g/mol. The number of aliphatic imine (C=N–C) groups is 1. The van der Waals surface area contributed by atoms with Crippen LogP contribution in [0.3, 0.4) is 0 Å². The highest BCUT2D eigenvalue weighted by Crippen LogP contribution is 1.97. The van der Waals surface area contributed by atoms with Gasteiger partial charge in [0, 0.05) is 20.1 Å². The topological polar surface area (TPSA) is 36.4 Å². The summed E-state index contributed by atoms with van der Waals surface area (Å²) in [6.45, 7) is 4.01. The highest BCUT2D eigenvalue weighted by atomic mass is 15.2. The summed E-state index contributed by atoms with van der Waals surface area (Å²) in [4.78, 5) is 4.20. The molecule has 0 aliphatic carbocycles. The van der Waals surface area contributed by atoms with Crippen LogP contribution in [0.4, 0.5) is 0 Å².